The van der Waals surface area contributed by atoms with Gasteiger partial charge in [-0.25, -0.2) is 8.42 Å². The van der Waals surface area contributed by atoms with Gasteiger partial charge < -0.3 is 5.32 Å². The molecule has 0 aliphatic carbocycles. The van der Waals surface area contributed by atoms with Crippen LogP contribution in [0.5, 0.6) is 0 Å². The lowest BCUT2D eigenvalue weighted by Crippen LogP contribution is -2.51. The molecule has 22 heavy (non-hydrogen) atoms. The van der Waals surface area contributed by atoms with Crippen molar-refractivity contribution in [2.24, 2.45) is 0 Å². The van der Waals surface area contributed by atoms with E-state index in [2.05, 4.69) is 5.32 Å². The maximum Gasteiger partial charge on any atom is 0.253 e. The second-order valence-electron chi connectivity index (χ2n) is 4.79. The first kappa shape index (κ1) is 15.5. The molecule has 3 rings (SSSR count). The van der Waals surface area contributed by atoms with Gasteiger partial charge in [-0.1, -0.05) is 29.8 Å². The minimum absolute atomic E-state index is 0.235. The largest absolute Gasteiger partial charge is 0.353 e. The predicted octanol–water partition coefficient (Wildman–Crippen LogP) is 2.26. The number of carbonyl (C=O) groups is 1. The van der Waals surface area contributed by atoms with Crippen LogP contribution in [0.3, 0.4) is 0 Å². The summed E-state index contributed by atoms with van der Waals surface area (Å²) >= 11 is 7.01. The van der Waals surface area contributed by atoms with Gasteiger partial charge in [0.2, 0.25) is 5.91 Å². The maximum atomic E-state index is 12.8. The third kappa shape index (κ3) is 2.77. The number of benzene rings is 1. The number of hydrogen-bond acceptors (Lipinski definition) is 4. The summed E-state index contributed by atoms with van der Waals surface area (Å²) in [5, 5.41) is 4.96. The number of rotatable bonds is 3. The standard InChI is InChI=1S/C14H13ClN2O3S2/c15-11-5-3-10(4-6-11)13-14(18)16-7-8-17(13)22(19,20)12-2-1-9-21-12/h1-6,9,13H,7-8H2,(H,16,18). The zero-order valence-electron chi connectivity index (χ0n) is 11.4. The van der Waals surface area contributed by atoms with E-state index in [-0.39, 0.29) is 16.7 Å². The van der Waals surface area contributed by atoms with E-state index in [4.69, 9.17) is 11.6 Å². The number of halogens is 1. The molecule has 1 aliphatic heterocycles. The Kier molecular flexibility index (Phi) is 4.22. The Bertz CT molecular complexity index is 773. The number of sulfonamides is 1. The van der Waals surface area contributed by atoms with Gasteiger partial charge in [0.15, 0.2) is 0 Å². The van der Waals surface area contributed by atoms with E-state index >= 15 is 0 Å². The zero-order chi connectivity index (χ0) is 15.7. The SMILES string of the molecule is O=C1NCCN(S(=O)(=O)c2cccs2)C1c1ccc(Cl)cc1. The maximum absolute atomic E-state index is 12.8. The van der Waals surface area contributed by atoms with Crippen LogP contribution < -0.4 is 5.32 Å². The molecular formula is C14H13ClN2O3S2. The Labute approximate surface area is 137 Å². The van der Waals surface area contributed by atoms with Crippen LogP contribution in [0.1, 0.15) is 11.6 Å². The van der Waals surface area contributed by atoms with Crippen LogP contribution in [-0.4, -0.2) is 31.7 Å². The molecule has 0 spiro atoms. The fraction of sp³-hybridized carbons (Fsp3) is 0.214. The minimum atomic E-state index is -3.70. The lowest BCUT2D eigenvalue weighted by Gasteiger charge is -2.33. The van der Waals surface area contributed by atoms with E-state index in [0.29, 0.717) is 17.1 Å². The van der Waals surface area contributed by atoms with Gasteiger partial charge in [0.05, 0.1) is 0 Å². The summed E-state index contributed by atoms with van der Waals surface area (Å²) in [6.07, 6.45) is 0. The second kappa shape index (κ2) is 6.00. The minimum Gasteiger partial charge on any atom is -0.353 e. The molecule has 0 saturated carbocycles. The van der Waals surface area contributed by atoms with Gasteiger partial charge in [-0.2, -0.15) is 4.31 Å². The van der Waals surface area contributed by atoms with Crippen LogP contribution in [0.4, 0.5) is 0 Å². The highest BCUT2D eigenvalue weighted by atomic mass is 35.5. The van der Waals surface area contributed by atoms with Crippen LogP contribution in [0.25, 0.3) is 0 Å². The normalized spacial score (nSPS) is 19.9. The van der Waals surface area contributed by atoms with E-state index in [1.807, 2.05) is 0 Å². The molecule has 0 bridgehead atoms. The van der Waals surface area contributed by atoms with E-state index in [9.17, 15) is 13.2 Å². The van der Waals surface area contributed by atoms with Crippen LogP contribution in [0.15, 0.2) is 46.0 Å². The van der Waals surface area contributed by atoms with Gasteiger partial charge >= 0.3 is 0 Å². The van der Waals surface area contributed by atoms with Gasteiger partial charge in [0, 0.05) is 18.1 Å². The summed E-state index contributed by atoms with van der Waals surface area (Å²) in [7, 11) is -3.70. The molecule has 1 atom stereocenters. The fourth-order valence-electron chi connectivity index (χ4n) is 2.39. The summed E-state index contributed by atoms with van der Waals surface area (Å²) < 4.78 is 27.0. The van der Waals surface area contributed by atoms with Crippen LogP contribution in [0.2, 0.25) is 5.02 Å². The Balaban J connectivity index is 2.04. The van der Waals surface area contributed by atoms with Gasteiger partial charge in [-0.15, -0.1) is 11.3 Å². The molecular weight excluding hydrogens is 344 g/mol. The fourth-order valence-corrected chi connectivity index (χ4v) is 5.22. The second-order valence-corrected chi connectivity index (χ2v) is 8.29. The van der Waals surface area contributed by atoms with E-state index in [0.717, 1.165) is 11.3 Å². The average molecular weight is 357 g/mol. The molecule has 1 amide bonds. The average Bonchev–Trinajstić information content (AvgIpc) is 3.03. The summed E-state index contributed by atoms with van der Waals surface area (Å²) in [5.41, 5.74) is 0.599. The van der Waals surface area contributed by atoms with Crippen molar-refractivity contribution >= 4 is 38.9 Å². The lowest BCUT2D eigenvalue weighted by molar-refractivity contribution is -0.126. The Morgan fingerprint density at radius 3 is 2.59 bits per heavy atom. The van der Waals surface area contributed by atoms with Crippen LogP contribution in [0, 0.1) is 0 Å². The monoisotopic (exact) mass is 356 g/mol. The molecule has 116 valence electrons. The number of nitrogens with zero attached hydrogens (tertiary/aromatic N) is 1. The van der Waals surface area contributed by atoms with E-state index in [1.165, 1.54) is 4.31 Å². The van der Waals surface area contributed by atoms with Gasteiger partial charge in [-0.05, 0) is 29.1 Å². The van der Waals surface area contributed by atoms with Gasteiger partial charge in [0.1, 0.15) is 10.3 Å². The Hall–Kier alpha value is -1.41. The first-order valence-electron chi connectivity index (χ1n) is 6.59. The van der Waals surface area contributed by atoms with E-state index in [1.54, 1.807) is 41.8 Å². The molecule has 1 saturated heterocycles. The van der Waals surface area contributed by atoms with Crippen molar-refractivity contribution in [3.63, 3.8) is 0 Å². The number of amides is 1. The number of piperazine rings is 1. The highest BCUT2D eigenvalue weighted by Gasteiger charge is 2.39. The third-order valence-corrected chi connectivity index (χ3v) is 6.90. The summed E-state index contributed by atoms with van der Waals surface area (Å²) in [5.74, 6) is -0.325. The van der Waals surface area contributed by atoms with Gasteiger partial charge in [-0.3, -0.25) is 4.79 Å². The predicted molar refractivity (Wildman–Crippen MR) is 85.4 cm³/mol. The molecule has 1 fully saturated rings. The first-order chi connectivity index (χ1) is 10.5. The van der Waals surface area contributed by atoms with E-state index < -0.39 is 16.1 Å². The Morgan fingerprint density at radius 2 is 1.95 bits per heavy atom. The Morgan fingerprint density at radius 1 is 1.23 bits per heavy atom. The number of carbonyl (C=O) groups excluding carboxylic acids is 1. The van der Waals surface area contributed by atoms with Crippen molar-refractivity contribution in [3.8, 4) is 0 Å². The smallest absolute Gasteiger partial charge is 0.253 e. The summed E-state index contributed by atoms with van der Waals surface area (Å²) in [6, 6.07) is 9.00. The van der Waals surface area contributed by atoms with Crippen molar-refractivity contribution in [2.75, 3.05) is 13.1 Å². The molecule has 1 aromatic heterocycles. The molecule has 5 nitrogen and oxygen atoms in total. The van der Waals surface area contributed by atoms with Crippen molar-refractivity contribution in [3.05, 3.63) is 52.4 Å². The highest BCUT2D eigenvalue weighted by molar-refractivity contribution is 7.91. The zero-order valence-corrected chi connectivity index (χ0v) is 13.8. The summed E-state index contributed by atoms with van der Waals surface area (Å²) in [4.78, 5) is 12.3. The number of hydrogen-bond donors (Lipinski definition) is 1. The lowest BCUT2D eigenvalue weighted by atomic mass is 10.1. The number of nitrogens with one attached hydrogen (secondary N) is 1. The molecule has 1 unspecified atom stereocenters. The highest BCUT2D eigenvalue weighted by Crippen LogP contribution is 2.31. The third-order valence-electron chi connectivity index (χ3n) is 3.41. The van der Waals surface area contributed by atoms with Crippen molar-refractivity contribution in [2.45, 2.75) is 10.3 Å². The van der Waals surface area contributed by atoms with Crippen LogP contribution >= 0.6 is 22.9 Å². The molecule has 1 aliphatic rings. The molecule has 2 aromatic rings. The number of thiophene rings is 1. The topological polar surface area (TPSA) is 66.5 Å². The molecule has 1 N–H and O–H groups in total. The van der Waals surface area contributed by atoms with Crippen molar-refractivity contribution in [1.82, 2.24) is 9.62 Å². The summed E-state index contributed by atoms with van der Waals surface area (Å²) in [6.45, 7) is 0.535. The molecule has 2 heterocycles. The van der Waals surface area contributed by atoms with Crippen LogP contribution in [-0.2, 0) is 14.8 Å². The van der Waals surface area contributed by atoms with Crippen molar-refractivity contribution in [1.29, 1.82) is 0 Å². The molecule has 8 heteroatoms. The molecule has 1 aromatic carbocycles. The quantitative estimate of drug-likeness (QED) is 0.917. The van der Waals surface area contributed by atoms with Gasteiger partial charge in [0.25, 0.3) is 10.0 Å². The molecule has 0 radical (unpaired) electrons. The van der Waals surface area contributed by atoms with Crippen molar-refractivity contribution < 1.29 is 13.2 Å². The first-order valence-corrected chi connectivity index (χ1v) is 9.28.